The number of benzene rings is 2. The van der Waals surface area contributed by atoms with Gasteiger partial charge < -0.3 is 38.6 Å². The molecule has 2 aliphatic heterocycles. The number of hydrogen-bond acceptors (Lipinski definition) is 14. The fraction of sp³-hybridized carbons (Fsp3) is 0.426. The van der Waals surface area contributed by atoms with Gasteiger partial charge >= 0.3 is 5.97 Å². The smallest absolute Gasteiger partial charge is 0.345 e. The molecule has 2 atom stereocenters. The number of likely N-dealkylation sites (N-methyl/N-ethyl adjacent to an activating group) is 1. The number of aliphatic carboxylic acids is 1. The van der Waals surface area contributed by atoms with Crippen LogP contribution in [0.4, 0.5) is 10.3 Å². The van der Waals surface area contributed by atoms with Crippen LogP contribution in [-0.2, 0) is 20.9 Å². The van der Waals surface area contributed by atoms with Gasteiger partial charge in [-0.15, -0.1) is 0 Å². The number of methoxy groups -OCH3 is 1. The molecular formula is C47H55ClFN7O7S. The Bertz CT molecular complexity index is 2450. The van der Waals surface area contributed by atoms with E-state index in [1.165, 1.54) is 6.92 Å². The molecular weight excluding hydrogens is 861 g/mol. The van der Waals surface area contributed by atoms with Crippen LogP contribution in [0.5, 0.6) is 17.4 Å². The van der Waals surface area contributed by atoms with Crippen LogP contribution >= 0.6 is 23.1 Å². The van der Waals surface area contributed by atoms with Gasteiger partial charge in [0.1, 0.15) is 24.7 Å². The molecule has 7 rings (SSSR count). The standard InChI is InChI=1S/C47H55ClFN7O7S/c1-7-32(30(3)61-28-34-13-16-50-47(52-34)56-17-14-35(15-18-56)62-31(4)49)26-39(46(57)58)63-45-42-40(64-53-45)27-51-44(33-9-8-10-36(25-33)59-6)41(42)37-11-12-38(43(48)29(37)2)60-24-23-55-21-19-54(5)20-22-55/h7-13,16,25,27,31,35,39H,1,14-15,17-24,26,28H2,2-6H3,(H,57,58)/b32-30-. The number of pyridine rings is 1. The Hall–Kier alpha value is -5.39. The number of aromatic nitrogens is 4. The van der Waals surface area contributed by atoms with Gasteiger partial charge in [-0.2, -0.15) is 4.37 Å². The number of carbonyl (C=O) groups is 1. The van der Waals surface area contributed by atoms with Crippen LogP contribution in [0, 0.1) is 6.92 Å². The molecule has 2 unspecified atom stereocenters. The van der Waals surface area contributed by atoms with Crippen LogP contribution < -0.4 is 19.1 Å². The Morgan fingerprint density at radius 2 is 1.89 bits per heavy atom. The van der Waals surface area contributed by atoms with Gasteiger partial charge in [-0.1, -0.05) is 42.5 Å². The minimum absolute atomic E-state index is 0.0681. The lowest BCUT2D eigenvalue weighted by Crippen LogP contribution is -2.45. The van der Waals surface area contributed by atoms with E-state index in [9.17, 15) is 14.3 Å². The van der Waals surface area contributed by atoms with E-state index < -0.39 is 18.4 Å². The quantitative estimate of drug-likeness (QED) is 0.0623. The van der Waals surface area contributed by atoms with Crippen molar-refractivity contribution in [3.63, 3.8) is 0 Å². The van der Waals surface area contributed by atoms with Crippen molar-refractivity contribution >= 4 is 45.1 Å². The summed E-state index contributed by atoms with van der Waals surface area (Å²) in [4.78, 5) is 33.8. The molecule has 340 valence electrons. The van der Waals surface area contributed by atoms with Gasteiger partial charge in [-0.3, -0.25) is 9.88 Å². The summed E-state index contributed by atoms with van der Waals surface area (Å²) in [7, 11) is 3.74. The summed E-state index contributed by atoms with van der Waals surface area (Å²) in [5.41, 5.74) is 4.75. The first-order valence-corrected chi connectivity index (χ1v) is 22.5. The van der Waals surface area contributed by atoms with E-state index in [1.807, 2.05) is 48.2 Å². The number of carboxylic acid groups (broad SMARTS) is 1. The van der Waals surface area contributed by atoms with E-state index in [0.29, 0.717) is 93.4 Å². The molecule has 3 aromatic heterocycles. The second kappa shape index (κ2) is 21.5. The van der Waals surface area contributed by atoms with Gasteiger partial charge in [0, 0.05) is 75.8 Å². The minimum atomic E-state index is -1.36. The zero-order chi connectivity index (χ0) is 45.3. The Morgan fingerprint density at radius 1 is 1.11 bits per heavy atom. The molecule has 2 aliphatic rings. The maximum absolute atomic E-state index is 13.4. The molecule has 0 aliphatic carbocycles. The van der Waals surface area contributed by atoms with Gasteiger partial charge in [-0.05, 0) is 93.2 Å². The van der Waals surface area contributed by atoms with Gasteiger partial charge in [0.2, 0.25) is 17.9 Å². The molecule has 64 heavy (non-hydrogen) atoms. The number of halogens is 2. The number of alkyl halides is 1. The average Bonchev–Trinajstić information content (AvgIpc) is 3.71. The minimum Gasteiger partial charge on any atom is -0.497 e. The second-order valence-corrected chi connectivity index (χ2v) is 17.1. The third kappa shape index (κ3) is 11.3. The Balaban J connectivity index is 1.14. The van der Waals surface area contributed by atoms with Crippen molar-refractivity contribution in [2.75, 3.05) is 71.5 Å². The van der Waals surface area contributed by atoms with Crippen LogP contribution in [0.25, 0.3) is 32.5 Å². The number of allylic oxidation sites excluding steroid dienone is 2. The number of piperidine rings is 1. The van der Waals surface area contributed by atoms with E-state index >= 15 is 0 Å². The molecule has 0 spiro atoms. The van der Waals surface area contributed by atoms with Gasteiger partial charge in [-0.25, -0.2) is 19.2 Å². The predicted octanol–water partition coefficient (Wildman–Crippen LogP) is 8.61. The Kier molecular flexibility index (Phi) is 15.7. The Morgan fingerprint density at radius 3 is 2.61 bits per heavy atom. The van der Waals surface area contributed by atoms with Crippen LogP contribution in [0.15, 0.2) is 78.8 Å². The molecule has 1 N–H and O–H groups in total. The Labute approximate surface area is 382 Å². The van der Waals surface area contributed by atoms with Crippen LogP contribution in [0.1, 0.15) is 44.4 Å². The van der Waals surface area contributed by atoms with E-state index in [-0.39, 0.29) is 25.0 Å². The lowest BCUT2D eigenvalue weighted by Gasteiger charge is -2.32. The first-order valence-electron chi connectivity index (χ1n) is 21.4. The van der Waals surface area contributed by atoms with Crippen LogP contribution in [0.3, 0.4) is 0 Å². The van der Waals surface area contributed by atoms with E-state index in [0.717, 1.165) is 60.9 Å². The summed E-state index contributed by atoms with van der Waals surface area (Å²) >= 11 is 8.26. The predicted molar refractivity (Wildman–Crippen MR) is 247 cm³/mol. The summed E-state index contributed by atoms with van der Waals surface area (Å²) < 4.78 is 48.4. The van der Waals surface area contributed by atoms with Gasteiger partial charge in [0.05, 0.1) is 45.5 Å². The van der Waals surface area contributed by atoms with Crippen molar-refractivity contribution in [3.05, 3.63) is 95.1 Å². The van der Waals surface area contributed by atoms with E-state index in [2.05, 4.69) is 32.8 Å². The number of hydrogen-bond donors (Lipinski definition) is 1. The first-order chi connectivity index (χ1) is 30.9. The number of carboxylic acids is 1. The van der Waals surface area contributed by atoms with Crippen molar-refractivity contribution < 1.29 is 38.0 Å². The first kappa shape index (κ1) is 46.6. The van der Waals surface area contributed by atoms with Gasteiger partial charge in [0.15, 0.2) is 6.36 Å². The summed E-state index contributed by atoms with van der Waals surface area (Å²) in [6.07, 6.45) is 3.42. The van der Waals surface area contributed by atoms with Gasteiger partial charge in [0.25, 0.3) is 0 Å². The monoisotopic (exact) mass is 915 g/mol. The van der Waals surface area contributed by atoms with Crippen molar-refractivity contribution in [3.8, 4) is 39.8 Å². The van der Waals surface area contributed by atoms with Crippen molar-refractivity contribution in [2.45, 2.75) is 65.2 Å². The molecule has 17 heteroatoms. The normalized spacial score (nSPS) is 16.6. The van der Waals surface area contributed by atoms with Crippen molar-refractivity contribution in [2.24, 2.45) is 0 Å². The lowest BCUT2D eigenvalue weighted by molar-refractivity contribution is -0.145. The molecule has 0 amide bonds. The fourth-order valence-electron chi connectivity index (χ4n) is 7.88. The van der Waals surface area contributed by atoms with Crippen molar-refractivity contribution in [1.82, 2.24) is 29.1 Å². The third-order valence-corrected chi connectivity index (χ3v) is 12.8. The molecule has 2 saturated heterocycles. The molecule has 14 nitrogen and oxygen atoms in total. The molecule has 0 radical (unpaired) electrons. The highest BCUT2D eigenvalue weighted by Gasteiger charge is 2.29. The molecule has 5 aromatic rings. The van der Waals surface area contributed by atoms with Crippen LogP contribution in [-0.4, -0.2) is 125 Å². The maximum Gasteiger partial charge on any atom is 0.345 e. The zero-order valence-electron chi connectivity index (χ0n) is 36.9. The molecule has 5 heterocycles. The number of fused-ring (bicyclic) bond motifs is 1. The lowest BCUT2D eigenvalue weighted by atomic mass is 9.93. The molecule has 0 bridgehead atoms. The topological polar surface area (TPSA) is 145 Å². The summed E-state index contributed by atoms with van der Waals surface area (Å²) in [5, 5.41) is 11.6. The number of piperazine rings is 1. The van der Waals surface area contributed by atoms with Crippen LogP contribution in [0.2, 0.25) is 5.02 Å². The number of rotatable bonds is 19. The fourth-order valence-corrected chi connectivity index (χ4v) is 8.79. The summed E-state index contributed by atoms with van der Waals surface area (Å²) in [6.45, 7) is 15.7. The number of anilines is 1. The largest absolute Gasteiger partial charge is 0.497 e. The summed E-state index contributed by atoms with van der Waals surface area (Å²) in [6, 6.07) is 13.2. The SMILES string of the molecule is C=C/C(CC(Oc1nsc2cnc(-c3cccc(OC)c3)c(-c3ccc(OCCN4CCN(C)CC4)c(Cl)c3C)c12)C(=O)O)=C(\C)OCc1ccnc(N2CCC(OC(C)F)CC2)n1. The van der Waals surface area contributed by atoms with E-state index in [4.69, 9.17) is 45.3 Å². The molecule has 2 fully saturated rings. The number of nitrogens with zero attached hydrogens (tertiary/aromatic N) is 7. The highest BCUT2D eigenvalue weighted by molar-refractivity contribution is 7.13. The second-order valence-electron chi connectivity index (χ2n) is 15.9. The van der Waals surface area contributed by atoms with Crippen molar-refractivity contribution in [1.29, 1.82) is 0 Å². The highest BCUT2D eigenvalue weighted by atomic mass is 35.5. The average molecular weight is 917 g/mol. The maximum atomic E-state index is 13.4. The highest BCUT2D eigenvalue weighted by Crippen LogP contribution is 2.46. The molecule has 0 saturated carbocycles. The molecule has 2 aromatic carbocycles. The number of ether oxygens (including phenoxy) is 5. The zero-order valence-corrected chi connectivity index (χ0v) is 38.5. The third-order valence-electron chi connectivity index (χ3n) is 11.6. The van der Waals surface area contributed by atoms with E-state index in [1.54, 1.807) is 38.6 Å². The summed E-state index contributed by atoms with van der Waals surface area (Å²) in [5.74, 6) is 1.19.